The largest absolute Gasteiger partial charge is 0.393 e. The molecule has 1 saturated carbocycles. The summed E-state index contributed by atoms with van der Waals surface area (Å²) in [5.74, 6) is 0.878. The van der Waals surface area contributed by atoms with E-state index in [2.05, 4.69) is 27.6 Å². The Morgan fingerprint density at radius 1 is 1.41 bits per heavy atom. The number of nitrogens with one attached hydrogen (secondary N) is 2. The predicted octanol–water partition coefficient (Wildman–Crippen LogP) is 1.44. The molecular formula is C15H28IN5O. The molecule has 1 aliphatic carbocycles. The first-order valence-electron chi connectivity index (χ1n) is 7.87. The van der Waals surface area contributed by atoms with Crippen LogP contribution in [0.3, 0.4) is 0 Å². The van der Waals surface area contributed by atoms with Gasteiger partial charge in [0.1, 0.15) is 0 Å². The van der Waals surface area contributed by atoms with Crippen LogP contribution in [-0.2, 0) is 13.5 Å². The van der Waals surface area contributed by atoms with E-state index in [1.54, 1.807) is 0 Å². The van der Waals surface area contributed by atoms with Crippen molar-refractivity contribution in [2.75, 3.05) is 13.1 Å². The van der Waals surface area contributed by atoms with Crippen LogP contribution in [0.2, 0.25) is 0 Å². The minimum absolute atomic E-state index is 0. The number of aromatic nitrogens is 2. The Hall–Kier alpha value is -0.830. The molecule has 0 unspecified atom stereocenters. The number of nitrogens with zero attached hydrogens (tertiary/aromatic N) is 3. The lowest BCUT2D eigenvalue weighted by atomic mass is 9.93. The van der Waals surface area contributed by atoms with Gasteiger partial charge in [-0.25, -0.2) is 0 Å². The fraction of sp³-hybridized carbons (Fsp3) is 0.733. The number of aliphatic hydroxyl groups excluding tert-OH is 1. The highest BCUT2D eigenvalue weighted by atomic mass is 127. The summed E-state index contributed by atoms with van der Waals surface area (Å²) in [4.78, 5) is 4.63. The van der Waals surface area contributed by atoms with Gasteiger partial charge in [0.15, 0.2) is 5.96 Å². The van der Waals surface area contributed by atoms with Crippen molar-refractivity contribution >= 4 is 29.9 Å². The third-order valence-corrected chi connectivity index (χ3v) is 3.81. The summed E-state index contributed by atoms with van der Waals surface area (Å²) in [7, 11) is 1.93. The molecule has 0 aliphatic heterocycles. The molecule has 1 aliphatic rings. The number of halogens is 1. The van der Waals surface area contributed by atoms with Crippen LogP contribution in [0.4, 0.5) is 0 Å². The molecule has 0 bridgehead atoms. The molecule has 126 valence electrons. The lowest BCUT2D eigenvalue weighted by Crippen LogP contribution is -2.45. The quantitative estimate of drug-likeness (QED) is 0.382. The third kappa shape index (κ3) is 6.51. The molecule has 1 fully saturated rings. The second kappa shape index (κ2) is 10.0. The zero-order valence-corrected chi connectivity index (χ0v) is 15.8. The summed E-state index contributed by atoms with van der Waals surface area (Å²) < 4.78 is 1.82. The number of aliphatic hydroxyl groups is 1. The molecule has 1 aromatic rings. The molecule has 0 saturated heterocycles. The van der Waals surface area contributed by atoms with Crippen LogP contribution in [0.5, 0.6) is 0 Å². The van der Waals surface area contributed by atoms with E-state index in [1.807, 2.05) is 24.1 Å². The van der Waals surface area contributed by atoms with Crippen molar-refractivity contribution in [2.45, 2.75) is 51.2 Å². The van der Waals surface area contributed by atoms with E-state index in [9.17, 15) is 5.11 Å². The highest BCUT2D eigenvalue weighted by Gasteiger charge is 2.19. The maximum Gasteiger partial charge on any atom is 0.191 e. The molecule has 22 heavy (non-hydrogen) atoms. The number of guanidine groups is 1. The standard InChI is InChI=1S/C15H27N5O.HI/c1-3-16-15(19-13-4-6-14(21)7-5-13)17-9-8-12-10-18-20(2)11-12;/h10-11,13-14,21H,3-9H2,1-2H3,(H2,16,17,19);1H. The zero-order valence-electron chi connectivity index (χ0n) is 13.5. The number of hydrogen-bond acceptors (Lipinski definition) is 3. The molecule has 0 aromatic carbocycles. The van der Waals surface area contributed by atoms with E-state index < -0.39 is 0 Å². The molecular weight excluding hydrogens is 393 g/mol. The van der Waals surface area contributed by atoms with Gasteiger partial charge in [0, 0.05) is 32.4 Å². The fourth-order valence-corrected chi connectivity index (χ4v) is 2.63. The number of aliphatic imine (C=N–C) groups is 1. The summed E-state index contributed by atoms with van der Waals surface area (Å²) >= 11 is 0. The first-order chi connectivity index (χ1) is 10.2. The normalized spacial score (nSPS) is 22.0. The Kier molecular flexibility index (Phi) is 8.77. The van der Waals surface area contributed by atoms with E-state index in [4.69, 9.17) is 0 Å². The molecule has 6 nitrogen and oxygen atoms in total. The van der Waals surface area contributed by atoms with Gasteiger partial charge in [-0.15, -0.1) is 24.0 Å². The van der Waals surface area contributed by atoms with Gasteiger partial charge in [0.05, 0.1) is 12.3 Å². The summed E-state index contributed by atoms with van der Waals surface area (Å²) in [6.45, 7) is 3.67. The van der Waals surface area contributed by atoms with Crippen LogP contribution >= 0.6 is 24.0 Å². The van der Waals surface area contributed by atoms with E-state index >= 15 is 0 Å². The molecule has 1 aromatic heterocycles. The van der Waals surface area contributed by atoms with Gasteiger partial charge >= 0.3 is 0 Å². The Balaban J connectivity index is 0.00000242. The van der Waals surface area contributed by atoms with Gasteiger partial charge in [-0.05, 0) is 44.6 Å². The third-order valence-electron chi connectivity index (χ3n) is 3.81. The minimum Gasteiger partial charge on any atom is -0.393 e. The van der Waals surface area contributed by atoms with Gasteiger partial charge in [-0.2, -0.15) is 5.10 Å². The van der Waals surface area contributed by atoms with Gasteiger partial charge in [0.25, 0.3) is 0 Å². The van der Waals surface area contributed by atoms with Crippen molar-refractivity contribution in [3.05, 3.63) is 18.0 Å². The van der Waals surface area contributed by atoms with E-state index in [0.717, 1.165) is 51.2 Å². The molecule has 0 amide bonds. The lowest BCUT2D eigenvalue weighted by Gasteiger charge is -2.27. The maximum absolute atomic E-state index is 9.55. The second-order valence-corrected chi connectivity index (χ2v) is 5.68. The molecule has 2 rings (SSSR count). The van der Waals surface area contributed by atoms with Crippen LogP contribution in [0.25, 0.3) is 0 Å². The van der Waals surface area contributed by atoms with Crippen molar-refractivity contribution in [2.24, 2.45) is 12.0 Å². The number of aryl methyl sites for hydroxylation is 1. The Bertz CT molecular complexity index is 455. The summed E-state index contributed by atoms with van der Waals surface area (Å²) in [6.07, 6.45) is 8.47. The molecule has 0 spiro atoms. The van der Waals surface area contributed by atoms with Crippen molar-refractivity contribution < 1.29 is 5.11 Å². The highest BCUT2D eigenvalue weighted by Crippen LogP contribution is 2.18. The van der Waals surface area contributed by atoms with Crippen LogP contribution in [0.1, 0.15) is 38.2 Å². The smallest absolute Gasteiger partial charge is 0.191 e. The van der Waals surface area contributed by atoms with Crippen LogP contribution in [0, 0.1) is 0 Å². The highest BCUT2D eigenvalue weighted by molar-refractivity contribution is 14.0. The van der Waals surface area contributed by atoms with Crippen LogP contribution < -0.4 is 10.6 Å². The molecule has 0 atom stereocenters. The summed E-state index contributed by atoms with van der Waals surface area (Å²) in [5, 5.41) is 20.5. The first kappa shape index (κ1) is 19.2. The Morgan fingerprint density at radius 2 is 2.14 bits per heavy atom. The van der Waals surface area contributed by atoms with E-state index in [1.165, 1.54) is 5.56 Å². The van der Waals surface area contributed by atoms with Crippen molar-refractivity contribution in [1.29, 1.82) is 0 Å². The van der Waals surface area contributed by atoms with Gasteiger partial charge in [0.2, 0.25) is 0 Å². The first-order valence-corrected chi connectivity index (χ1v) is 7.87. The summed E-state index contributed by atoms with van der Waals surface area (Å²) in [5.41, 5.74) is 1.21. The Morgan fingerprint density at radius 3 is 2.73 bits per heavy atom. The van der Waals surface area contributed by atoms with Crippen molar-refractivity contribution in [3.63, 3.8) is 0 Å². The van der Waals surface area contributed by atoms with E-state index in [0.29, 0.717) is 6.04 Å². The van der Waals surface area contributed by atoms with Crippen LogP contribution in [-0.4, -0.2) is 46.1 Å². The van der Waals surface area contributed by atoms with Gasteiger partial charge < -0.3 is 15.7 Å². The lowest BCUT2D eigenvalue weighted by molar-refractivity contribution is 0.120. The summed E-state index contributed by atoms with van der Waals surface area (Å²) in [6, 6.07) is 0.421. The van der Waals surface area contributed by atoms with Gasteiger partial charge in [-0.1, -0.05) is 0 Å². The number of hydrogen-bond donors (Lipinski definition) is 3. The average Bonchev–Trinajstić information content (AvgIpc) is 2.87. The minimum atomic E-state index is -0.117. The SMILES string of the molecule is CCNC(=NCCc1cnn(C)c1)NC1CCC(O)CC1.I. The average molecular weight is 421 g/mol. The fourth-order valence-electron chi connectivity index (χ4n) is 2.63. The van der Waals surface area contributed by atoms with Crippen molar-refractivity contribution in [3.8, 4) is 0 Å². The molecule has 0 radical (unpaired) electrons. The Labute approximate surface area is 149 Å². The molecule has 7 heteroatoms. The molecule has 3 N–H and O–H groups in total. The predicted molar refractivity (Wildman–Crippen MR) is 99.7 cm³/mol. The monoisotopic (exact) mass is 421 g/mol. The second-order valence-electron chi connectivity index (χ2n) is 5.68. The zero-order chi connectivity index (χ0) is 15.1. The molecule has 1 heterocycles. The number of rotatable bonds is 5. The topological polar surface area (TPSA) is 74.5 Å². The van der Waals surface area contributed by atoms with Crippen LogP contribution in [0.15, 0.2) is 17.4 Å². The van der Waals surface area contributed by atoms with Crippen molar-refractivity contribution in [1.82, 2.24) is 20.4 Å². The van der Waals surface area contributed by atoms with E-state index in [-0.39, 0.29) is 30.1 Å². The van der Waals surface area contributed by atoms with Gasteiger partial charge in [-0.3, -0.25) is 9.67 Å². The maximum atomic E-state index is 9.55.